The molecule has 1 amide bonds. The van der Waals surface area contributed by atoms with Crippen molar-refractivity contribution in [2.24, 2.45) is 0 Å². The number of anilines is 1. The molecule has 1 fully saturated rings. The van der Waals surface area contributed by atoms with Gasteiger partial charge in [-0.05, 0) is 67.8 Å². The molecule has 0 spiro atoms. The molecule has 3 rings (SSSR count). The van der Waals surface area contributed by atoms with Gasteiger partial charge in [0.15, 0.2) is 0 Å². The molecule has 2 unspecified atom stereocenters. The number of benzene rings is 2. The maximum atomic E-state index is 13.3. The summed E-state index contributed by atoms with van der Waals surface area (Å²) in [6.07, 6.45) is -15.1. The van der Waals surface area contributed by atoms with Crippen LogP contribution in [0.3, 0.4) is 0 Å². The van der Waals surface area contributed by atoms with Crippen LogP contribution in [0.4, 0.5) is 50.0 Å². The fourth-order valence-corrected chi connectivity index (χ4v) is 4.03. The van der Waals surface area contributed by atoms with E-state index in [1.165, 1.54) is 13.0 Å². The van der Waals surface area contributed by atoms with Crippen LogP contribution in [0, 0.1) is 0 Å². The van der Waals surface area contributed by atoms with Gasteiger partial charge in [-0.25, -0.2) is 4.79 Å². The molecule has 0 radical (unpaired) electrons. The van der Waals surface area contributed by atoms with Gasteiger partial charge < -0.3 is 19.2 Å². The van der Waals surface area contributed by atoms with Crippen LogP contribution in [-0.2, 0) is 28.4 Å². The van der Waals surface area contributed by atoms with Crippen molar-refractivity contribution in [1.82, 2.24) is 4.90 Å². The van der Waals surface area contributed by atoms with E-state index in [0.29, 0.717) is 30.8 Å². The Morgan fingerprint density at radius 3 is 1.95 bits per heavy atom. The summed E-state index contributed by atoms with van der Waals surface area (Å²) in [6, 6.07) is 3.31. The number of hydrogen-bond acceptors (Lipinski definition) is 5. The van der Waals surface area contributed by atoms with Crippen LogP contribution in [0.25, 0.3) is 0 Å². The smallest absolute Gasteiger partial charge is 0.439 e. The van der Waals surface area contributed by atoms with Gasteiger partial charge in [-0.2, -0.15) is 26.3 Å². The van der Waals surface area contributed by atoms with Crippen molar-refractivity contribution in [2.75, 3.05) is 18.5 Å². The molecule has 1 heterocycles. The minimum atomic E-state index is -5.10. The Morgan fingerprint density at radius 1 is 0.952 bits per heavy atom. The second-order valence-corrected chi connectivity index (χ2v) is 9.32. The molecule has 6 nitrogen and oxygen atoms in total. The number of rotatable bonds is 8. The number of halogens is 9. The van der Waals surface area contributed by atoms with E-state index in [-0.39, 0.29) is 18.2 Å². The molecule has 234 valence electrons. The van der Waals surface area contributed by atoms with Crippen LogP contribution in [0.15, 0.2) is 36.4 Å². The summed E-state index contributed by atoms with van der Waals surface area (Å²) < 4.78 is 127. The van der Waals surface area contributed by atoms with Gasteiger partial charge in [-0.15, -0.1) is 13.2 Å². The van der Waals surface area contributed by atoms with Crippen LogP contribution >= 0.6 is 0 Å². The molecule has 15 heteroatoms. The van der Waals surface area contributed by atoms with Crippen molar-refractivity contribution < 1.29 is 58.6 Å². The monoisotopic (exact) mass is 616 g/mol. The van der Waals surface area contributed by atoms with Gasteiger partial charge >= 0.3 is 24.8 Å². The number of carbonyl (C=O) groups excluding carboxylic acids is 2. The summed E-state index contributed by atoms with van der Waals surface area (Å²) in [5.41, 5.74) is -3.04. The lowest BCUT2D eigenvalue weighted by Gasteiger charge is -2.26. The summed E-state index contributed by atoms with van der Waals surface area (Å²) >= 11 is 0. The van der Waals surface area contributed by atoms with Gasteiger partial charge in [0.2, 0.25) is 0 Å². The lowest BCUT2D eigenvalue weighted by Crippen LogP contribution is -2.32. The zero-order valence-electron chi connectivity index (χ0n) is 23.0. The average molecular weight is 617 g/mol. The van der Waals surface area contributed by atoms with E-state index in [9.17, 15) is 49.1 Å². The molecule has 1 aliphatic rings. The first-order valence-electron chi connectivity index (χ1n) is 12.6. The predicted molar refractivity (Wildman–Crippen MR) is 134 cm³/mol. The molecule has 2 aromatic carbocycles. The number of unbranched alkanes of at least 4 members (excludes halogenated alkanes) is 1. The van der Waals surface area contributed by atoms with Gasteiger partial charge in [0.1, 0.15) is 18.1 Å². The highest BCUT2D eigenvalue weighted by atomic mass is 19.4. The van der Waals surface area contributed by atoms with E-state index < -0.39 is 59.4 Å². The van der Waals surface area contributed by atoms with Crippen LogP contribution < -0.4 is 9.64 Å². The van der Waals surface area contributed by atoms with Crippen molar-refractivity contribution in [3.8, 4) is 5.75 Å². The van der Waals surface area contributed by atoms with Crippen molar-refractivity contribution in [1.29, 1.82) is 0 Å². The minimum Gasteiger partial charge on any atom is -0.439 e. The predicted octanol–water partition coefficient (Wildman–Crippen LogP) is 8.15. The Morgan fingerprint density at radius 2 is 1.52 bits per heavy atom. The second-order valence-electron chi connectivity index (χ2n) is 9.32. The molecule has 0 aliphatic carbocycles. The standard InChI is InChI=1S/C23H21F9N2O3.C4H8O/c1-4-33(3)18-6-5-17(37-23(30,31)32)9-14(18)11-34-12(2)19(36-20(34)35)13-7-15(21(24,25)26)10-16(8-13)22(27,28)29;1-2-3-4-5/h5-10,12,19H,4,11H2,1-3H3;4H,2-3H2,1H3. The molecule has 2 atom stereocenters. The summed E-state index contributed by atoms with van der Waals surface area (Å²) in [7, 11) is 1.64. The average Bonchev–Trinajstić information content (AvgIpc) is 3.15. The number of ether oxygens (including phenoxy) is 2. The minimum absolute atomic E-state index is 0.0400. The number of hydrogen-bond donors (Lipinski definition) is 0. The third-order valence-corrected chi connectivity index (χ3v) is 6.25. The highest BCUT2D eigenvalue weighted by Gasteiger charge is 2.43. The number of amides is 1. The van der Waals surface area contributed by atoms with Crippen LogP contribution in [0.5, 0.6) is 5.75 Å². The number of aldehydes is 1. The Balaban J connectivity index is 0.00000113. The highest BCUT2D eigenvalue weighted by molar-refractivity contribution is 5.72. The van der Waals surface area contributed by atoms with Gasteiger partial charge in [-0.1, -0.05) is 6.92 Å². The maximum absolute atomic E-state index is 13.3. The summed E-state index contributed by atoms with van der Waals surface area (Å²) in [4.78, 5) is 24.7. The van der Waals surface area contributed by atoms with Crippen molar-refractivity contribution in [3.05, 3.63) is 58.7 Å². The first-order valence-corrected chi connectivity index (χ1v) is 12.6. The number of nitrogens with zero attached hydrogens (tertiary/aromatic N) is 2. The zero-order chi connectivity index (χ0) is 32.0. The summed E-state index contributed by atoms with van der Waals surface area (Å²) in [5.74, 6) is -0.569. The van der Waals surface area contributed by atoms with Gasteiger partial charge in [0.25, 0.3) is 0 Å². The molecule has 0 aromatic heterocycles. The van der Waals surface area contributed by atoms with E-state index in [0.717, 1.165) is 29.7 Å². The number of cyclic esters (lactones) is 1. The Bertz CT molecular complexity index is 1200. The maximum Gasteiger partial charge on any atom is 0.573 e. The van der Waals surface area contributed by atoms with Crippen LogP contribution in [0.1, 0.15) is 62.0 Å². The van der Waals surface area contributed by atoms with E-state index >= 15 is 0 Å². The lowest BCUT2D eigenvalue weighted by atomic mass is 9.97. The van der Waals surface area contributed by atoms with E-state index in [1.807, 2.05) is 6.92 Å². The van der Waals surface area contributed by atoms with Crippen LogP contribution in [-0.4, -0.2) is 43.3 Å². The molecule has 0 bridgehead atoms. The summed E-state index contributed by atoms with van der Waals surface area (Å²) in [5, 5.41) is 0. The zero-order valence-corrected chi connectivity index (χ0v) is 23.0. The summed E-state index contributed by atoms with van der Waals surface area (Å²) in [6.45, 7) is 5.17. The number of carbonyl (C=O) groups is 2. The molecular formula is C27H29F9N2O4. The first-order chi connectivity index (χ1) is 19.3. The second kappa shape index (κ2) is 13.6. The Kier molecular flexibility index (Phi) is 11.1. The lowest BCUT2D eigenvalue weighted by molar-refractivity contribution is -0.274. The largest absolute Gasteiger partial charge is 0.573 e. The molecule has 42 heavy (non-hydrogen) atoms. The molecular weight excluding hydrogens is 587 g/mol. The number of alkyl halides is 9. The van der Waals surface area contributed by atoms with Gasteiger partial charge in [0, 0.05) is 25.7 Å². The molecule has 2 aromatic rings. The van der Waals surface area contributed by atoms with Gasteiger partial charge in [-0.3, -0.25) is 4.90 Å². The Labute approximate surface area is 236 Å². The highest BCUT2D eigenvalue weighted by Crippen LogP contribution is 2.41. The van der Waals surface area contributed by atoms with E-state index in [2.05, 4.69) is 4.74 Å². The van der Waals surface area contributed by atoms with Crippen molar-refractivity contribution >= 4 is 18.1 Å². The Hall–Kier alpha value is -3.65. The molecule has 0 N–H and O–H groups in total. The van der Waals surface area contributed by atoms with Crippen molar-refractivity contribution in [2.45, 2.75) is 71.0 Å². The van der Waals surface area contributed by atoms with Crippen LogP contribution in [0.2, 0.25) is 0 Å². The topological polar surface area (TPSA) is 59.1 Å². The van der Waals surface area contributed by atoms with Crippen molar-refractivity contribution in [3.63, 3.8) is 0 Å². The van der Waals surface area contributed by atoms with Gasteiger partial charge in [0.05, 0.1) is 23.7 Å². The van der Waals surface area contributed by atoms with E-state index in [1.54, 1.807) is 18.9 Å². The first kappa shape index (κ1) is 34.6. The molecule has 0 saturated carbocycles. The SMILES string of the molecule is CCCC=O.CCN(C)c1ccc(OC(F)(F)F)cc1CN1C(=O)OC(c2cc(C(F)(F)F)cc(C(F)(F)F)c2)C1C. The molecule has 1 aliphatic heterocycles. The quantitative estimate of drug-likeness (QED) is 0.221. The normalized spacial score (nSPS) is 17.4. The van der Waals surface area contributed by atoms with E-state index in [4.69, 9.17) is 4.74 Å². The third-order valence-electron chi connectivity index (χ3n) is 6.25. The fraction of sp³-hybridized carbons (Fsp3) is 0.481. The fourth-order valence-electron chi connectivity index (χ4n) is 4.03. The molecule has 1 saturated heterocycles. The third kappa shape index (κ3) is 9.18.